The Balaban J connectivity index is 0.00000107. The fourth-order valence-corrected chi connectivity index (χ4v) is 4.75. The zero-order valence-corrected chi connectivity index (χ0v) is 23.4. The normalized spacial score (nSPS) is 18.0. The molecule has 38 heavy (non-hydrogen) atoms. The van der Waals surface area contributed by atoms with Crippen molar-refractivity contribution in [2.24, 2.45) is 0 Å². The third-order valence-corrected chi connectivity index (χ3v) is 6.72. The second kappa shape index (κ2) is 13.0. The number of fused-ring (bicyclic) bond motifs is 1. The molecule has 2 fully saturated rings. The standard InChI is InChI=1S/C26H33N5O4.C3H8/c1-4-6-23-18(3)34-17-19-14-31(28-25(19)23)20-7-8-24(27-13-20)29-11-9-21(10-12-29)35-22-15-30(16-22)26(32)33-5-2;1-3-2/h4,6-8,13-14,21-22H,5,9-12,15-17H2,1-3H3;3H2,1-2H3/b6-4-;. The van der Waals surface area contributed by atoms with Crippen molar-refractivity contribution in [3.63, 3.8) is 0 Å². The number of hydrogen-bond acceptors (Lipinski definition) is 7. The molecular weight excluding hydrogens is 482 g/mol. The van der Waals surface area contributed by atoms with Crippen molar-refractivity contribution < 1.29 is 19.0 Å². The Bertz CT molecular complexity index is 1130. The molecule has 0 bridgehead atoms. The molecule has 2 saturated heterocycles. The van der Waals surface area contributed by atoms with E-state index >= 15 is 0 Å². The smallest absolute Gasteiger partial charge is 0.409 e. The van der Waals surface area contributed by atoms with E-state index in [1.165, 1.54) is 6.42 Å². The fourth-order valence-electron chi connectivity index (χ4n) is 4.75. The molecule has 5 heterocycles. The predicted octanol–water partition coefficient (Wildman–Crippen LogP) is 5.35. The topological polar surface area (TPSA) is 82.0 Å². The Morgan fingerprint density at radius 2 is 1.89 bits per heavy atom. The van der Waals surface area contributed by atoms with Crippen LogP contribution in [0.15, 0.2) is 42.4 Å². The fraction of sp³-hybridized carbons (Fsp3) is 0.552. The SMILES string of the molecule is C/C=C\C1=C(C)OCc2cn(-c3ccc(N4CCC(OC5CN(C(=O)OCC)C5)CC4)nc3)nc21.CCC. The molecule has 5 rings (SSSR count). The number of ether oxygens (including phenoxy) is 3. The van der Waals surface area contributed by atoms with Gasteiger partial charge in [-0.2, -0.15) is 5.10 Å². The second-order valence-electron chi connectivity index (χ2n) is 9.84. The van der Waals surface area contributed by atoms with Crippen LogP contribution in [0, 0.1) is 0 Å². The van der Waals surface area contributed by atoms with Gasteiger partial charge in [-0.15, -0.1) is 0 Å². The van der Waals surface area contributed by atoms with Crippen LogP contribution in [-0.4, -0.2) is 70.8 Å². The van der Waals surface area contributed by atoms with Crippen LogP contribution in [0.25, 0.3) is 11.3 Å². The number of rotatable bonds is 6. The van der Waals surface area contributed by atoms with Crippen LogP contribution < -0.4 is 4.90 Å². The summed E-state index contributed by atoms with van der Waals surface area (Å²) in [7, 11) is 0. The monoisotopic (exact) mass is 523 g/mol. The molecule has 0 saturated carbocycles. The van der Waals surface area contributed by atoms with Gasteiger partial charge in [0.1, 0.15) is 23.9 Å². The summed E-state index contributed by atoms with van der Waals surface area (Å²) >= 11 is 0. The van der Waals surface area contributed by atoms with E-state index in [1.54, 1.807) is 4.90 Å². The van der Waals surface area contributed by atoms with E-state index in [2.05, 4.69) is 30.9 Å². The number of likely N-dealkylation sites (tertiary alicyclic amines) is 1. The minimum absolute atomic E-state index is 0.116. The van der Waals surface area contributed by atoms with E-state index in [0.717, 1.165) is 60.0 Å². The summed E-state index contributed by atoms with van der Waals surface area (Å²) in [5.41, 5.74) is 3.99. The summed E-state index contributed by atoms with van der Waals surface area (Å²) in [6, 6.07) is 4.12. The van der Waals surface area contributed by atoms with Gasteiger partial charge in [0.05, 0.1) is 43.8 Å². The van der Waals surface area contributed by atoms with Gasteiger partial charge in [-0.05, 0) is 45.7 Å². The van der Waals surface area contributed by atoms with Crippen LogP contribution in [-0.2, 0) is 20.8 Å². The van der Waals surface area contributed by atoms with E-state index in [9.17, 15) is 4.79 Å². The number of piperidine rings is 1. The number of carbonyl (C=O) groups is 1. The first-order valence-electron chi connectivity index (χ1n) is 13.8. The Kier molecular flexibility index (Phi) is 9.44. The largest absolute Gasteiger partial charge is 0.493 e. The van der Waals surface area contributed by atoms with Gasteiger partial charge in [0.15, 0.2) is 0 Å². The van der Waals surface area contributed by atoms with Crippen molar-refractivity contribution >= 4 is 17.5 Å². The number of allylic oxidation sites excluding steroid dienone is 4. The Hall–Kier alpha value is -3.33. The Morgan fingerprint density at radius 3 is 2.53 bits per heavy atom. The summed E-state index contributed by atoms with van der Waals surface area (Å²) in [5, 5.41) is 4.82. The lowest BCUT2D eigenvalue weighted by Crippen LogP contribution is -2.56. The third-order valence-electron chi connectivity index (χ3n) is 6.72. The number of amides is 1. The maximum absolute atomic E-state index is 11.7. The molecule has 3 aliphatic heterocycles. The zero-order chi connectivity index (χ0) is 27.1. The van der Waals surface area contributed by atoms with Crippen LogP contribution in [0.5, 0.6) is 0 Å². The van der Waals surface area contributed by atoms with E-state index in [0.29, 0.717) is 26.3 Å². The lowest BCUT2D eigenvalue weighted by Gasteiger charge is -2.41. The van der Waals surface area contributed by atoms with Crippen molar-refractivity contribution in [1.82, 2.24) is 19.7 Å². The maximum Gasteiger partial charge on any atom is 0.409 e. The number of pyridine rings is 1. The molecule has 9 nitrogen and oxygen atoms in total. The second-order valence-corrected chi connectivity index (χ2v) is 9.84. The molecular formula is C29H41N5O4. The first-order valence-corrected chi connectivity index (χ1v) is 13.8. The molecule has 0 aliphatic carbocycles. The lowest BCUT2D eigenvalue weighted by molar-refractivity contribution is -0.0913. The van der Waals surface area contributed by atoms with Gasteiger partial charge in [0.2, 0.25) is 0 Å². The Labute approximate surface area is 226 Å². The van der Waals surface area contributed by atoms with E-state index in [1.807, 2.05) is 50.0 Å². The first kappa shape index (κ1) is 27.7. The highest BCUT2D eigenvalue weighted by molar-refractivity contribution is 5.76. The molecule has 9 heteroatoms. The molecule has 0 radical (unpaired) electrons. The minimum Gasteiger partial charge on any atom is -0.493 e. The summed E-state index contributed by atoms with van der Waals surface area (Å²) in [5.74, 6) is 1.87. The van der Waals surface area contributed by atoms with Crippen molar-refractivity contribution in [1.29, 1.82) is 0 Å². The lowest BCUT2D eigenvalue weighted by atomic mass is 10.1. The third kappa shape index (κ3) is 6.38. The van der Waals surface area contributed by atoms with Gasteiger partial charge >= 0.3 is 6.09 Å². The van der Waals surface area contributed by atoms with Gasteiger partial charge in [0, 0.05) is 30.4 Å². The molecule has 0 aromatic carbocycles. The molecule has 0 spiro atoms. The molecule has 206 valence electrons. The average molecular weight is 524 g/mol. The summed E-state index contributed by atoms with van der Waals surface area (Å²) in [6.45, 7) is 14.0. The number of hydrogen-bond donors (Lipinski definition) is 0. The van der Waals surface area contributed by atoms with Crippen molar-refractivity contribution in [2.75, 3.05) is 37.7 Å². The summed E-state index contributed by atoms with van der Waals surface area (Å²) in [6.07, 6.45) is 11.2. The maximum atomic E-state index is 11.7. The highest BCUT2D eigenvalue weighted by Crippen LogP contribution is 2.30. The quantitative estimate of drug-likeness (QED) is 0.505. The van der Waals surface area contributed by atoms with Gasteiger partial charge in [-0.25, -0.2) is 14.5 Å². The van der Waals surface area contributed by atoms with E-state index in [-0.39, 0.29) is 18.3 Å². The average Bonchev–Trinajstić information content (AvgIpc) is 3.33. The summed E-state index contributed by atoms with van der Waals surface area (Å²) < 4.78 is 18.9. The van der Waals surface area contributed by atoms with Crippen LogP contribution in [0.2, 0.25) is 0 Å². The molecule has 0 N–H and O–H groups in total. The van der Waals surface area contributed by atoms with Gasteiger partial charge in [-0.1, -0.05) is 32.4 Å². The molecule has 0 unspecified atom stereocenters. The molecule has 2 aromatic rings. The van der Waals surface area contributed by atoms with Crippen LogP contribution in [0.3, 0.4) is 0 Å². The van der Waals surface area contributed by atoms with Gasteiger partial charge in [0.25, 0.3) is 0 Å². The number of nitrogens with zero attached hydrogens (tertiary/aromatic N) is 5. The molecule has 2 aromatic heterocycles. The predicted molar refractivity (Wildman–Crippen MR) is 148 cm³/mol. The number of anilines is 1. The zero-order valence-electron chi connectivity index (χ0n) is 23.4. The highest BCUT2D eigenvalue weighted by Gasteiger charge is 2.35. The van der Waals surface area contributed by atoms with E-state index < -0.39 is 0 Å². The minimum atomic E-state index is -0.245. The summed E-state index contributed by atoms with van der Waals surface area (Å²) in [4.78, 5) is 20.4. The van der Waals surface area contributed by atoms with Crippen molar-refractivity contribution in [2.45, 2.75) is 72.7 Å². The van der Waals surface area contributed by atoms with Crippen molar-refractivity contribution in [3.05, 3.63) is 53.7 Å². The highest BCUT2D eigenvalue weighted by atomic mass is 16.6. The van der Waals surface area contributed by atoms with E-state index in [4.69, 9.17) is 24.3 Å². The molecule has 3 aliphatic rings. The van der Waals surface area contributed by atoms with Crippen LogP contribution >= 0.6 is 0 Å². The van der Waals surface area contributed by atoms with Crippen LogP contribution in [0.1, 0.15) is 65.1 Å². The molecule has 0 atom stereocenters. The van der Waals surface area contributed by atoms with Crippen molar-refractivity contribution in [3.8, 4) is 5.69 Å². The first-order chi connectivity index (χ1) is 18.5. The Morgan fingerprint density at radius 1 is 1.16 bits per heavy atom. The molecule has 1 amide bonds. The van der Waals surface area contributed by atoms with Crippen LogP contribution in [0.4, 0.5) is 10.6 Å². The van der Waals surface area contributed by atoms with Gasteiger partial charge < -0.3 is 24.0 Å². The number of aromatic nitrogens is 3. The number of carbonyl (C=O) groups excluding carboxylic acids is 1. The van der Waals surface area contributed by atoms with Gasteiger partial charge in [-0.3, -0.25) is 0 Å².